The summed E-state index contributed by atoms with van der Waals surface area (Å²) in [5.74, 6) is 0.850. The van der Waals surface area contributed by atoms with Gasteiger partial charge in [-0.05, 0) is 69.6 Å². The van der Waals surface area contributed by atoms with Gasteiger partial charge >= 0.3 is 0 Å². The quantitative estimate of drug-likeness (QED) is 0.839. The summed E-state index contributed by atoms with van der Waals surface area (Å²) in [4.78, 5) is 2.69. The molecule has 2 N–H and O–H groups in total. The van der Waals surface area contributed by atoms with Crippen molar-refractivity contribution < 1.29 is 0 Å². The number of hydrogen-bond donors (Lipinski definition) is 2. The molecule has 2 heterocycles. The van der Waals surface area contributed by atoms with Gasteiger partial charge in [0.15, 0.2) is 0 Å². The van der Waals surface area contributed by atoms with Crippen LogP contribution >= 0.6 is 0 Å². The SMILES string of the molecule is c1ccc(C(CNC2CCCC2C2CCCN2)N2CCCC2)cc1. The number of benzene rings is 1. The second-order valence-electron chi connectivity index (χ2n) is 7.98. The van der Waals surface area contributed by atoms with Crippen LogP contribution in [0.1, 0.15) is 56.6 Å². The molecule has 4 atom stereocenters. The van der Waals surface area contributed by atoms with E-state index in [9.17, 15) is 0 Å². The maximum atomic E-state index is 4.00. The minimum atomic E-state index is 0.548. The molecule has 0 spiro atoms. The summed E-state index contributed by atoms with van der Waals surface area (Å²) in [6.07, 6.45) is 9.66. The lowest BCUT2D eigenvalue weighted by Gasteiger charge is -2.32. The van der Waals surface area contributed by atoms with Crippen LogP contribution < -0.4 is 10.6 Å². The molecule has 2 aliphatic heterocycles. The minimum Gasteiger partial charge on any atom is -0.314 e. The first-order chi connectivity index (χ1) is 11.9. The lowest BCUT2D eigenvalue weighted by molar-refractivity contribution is 0.221. The lowest BCUT2D eigenvalue weighted by Crippen LogP contribution is -2.45. The number of nitrogens with zero attached hydrogens (tertiary/aromatic N) is 1. The summed E-state index contributed by atoms with van der Waals surface area (Å²) >= 11 is 0. The zero-order chi connectivity index (χ0) is 16.2. The van der Waals surface area contributed by atoms with E-state index in [1.807, 2.05) is 0 Å². The van der Waals surface area contributed by atoms with Gasteiger partial charge in [0.2, 0.25) is 0 Å². The Labute approximate surface area is 147 Å². The van der Waals surface area contributed by atoms with Gasteiger partial charge in [-0.1, -0.05) is 36.8 Å². The van der Waals surface area contributed by atoms with Crippen LogP contribution in [0.5, 0.6) is 0 Å². The number of nitrogens with one attached hydrogen (secondary N) is 2. The minimum absolute atomic E-state index is 0.548. The summed E-state index contributed by atoms with van der Waals surface area (Å²) < 4.78 is 0. The van der Waals surface area contributed by atoms with Crippen molar-refractivity contribution in [2.45, 2.75) is 63.1 Å². The van der Waals surface area contributed by atoms with Crippen molar-refractivity contribution in [2.75, 3.05) is 26.2 Å². The van der Waals surface area contributed by atoms with Crippen molar-refractivity contribution in [2.24, 2.45) is 5.92 Å². The van der Waals surface area contributed by atoms with Crippen molar-refractivity contribution in [3.05, 3.63) is 35.9 Å². The van der Waals surface area contributed by atoms with Crippen LogP contribution in [0.25, 0.3) is 0 Å². The van der Waals surface area contributed by atoms with Crippen LogP contribution in [0.3, 0.4) is 0 Å². The average molecular weight is 328 g/mol. The zero-order valence-corrected chi connectivity index (χ0v) is 14.9. The molecular weight excluding hydrogens is 294 g/mol. The van der Waals surface area contributed by atoms with Crippen molar-refractivity contribution >= 4 is 0 Å². The molecule has 0 aromatic heterocycles. The van der Waals surface area contributed by atoms with E-state index in [1.54, 1.807) is 0 Å². The molecule has 24 heavy (non-hydrogen) atoms. The molecule has 0 amide bonds. The maximum absolute atomic E-state index is 4.00. The first-order valence-electron chi connectivity index (χ1n) is 10.2. The Kier molecular flexibility index (Phi) is 5.51. The fraction of sp³-hybridized carbons (Fsp3) is 0.714. The highest BCUT2D eigenvalue weighted by Crippen LogP contribution is 2.33. The Morgan fingerprint density at radius 3 is 2.58 bits per heavy atom. The van der Waals surface area contributed by atoms with E-state index in [-0.39, 0.29) is 0 Å². The van der Waals surface area contributed by atoms with Gasteiger partial charge in [0.1, 0.15) is 0 Å². The molecule has 132 valence electrons. The van der Waals surface area contributed by atoms with Gasteiger partial charge < -0.3 is 10.6 Å². The largest absolute Gasteiger partial charge is 0.314 e. The third-order valence-corrected chi connectivity index (χ3v) is 6.52. The molecule has 0 bridgehead atoms. The first kappa shape index (κ1) is 16.6. The topological polar surface area (TPSA) is 27.3 Å². The second-order valence-corrected chi connectivity index (χ2v) is 7.98. The smallest absolute Gasteiger partial charge is 0.0472 e. The highest BCUT2D eigenvalue weighted by Gasteiger charge is 2.35. The Balaban J connectivity index is 1.41. The van der Waals surface area contributed by atoms with E-state index in [2.05, 4.69) is 45.9 Å². The highest BCUT2D eigenvalue weighted by atomic mass is 15.2. The van der Waals surface area contributed by atoms with E-state index in [0.717, 1.165) is 24.5 Å². The fourth-order valence-corrected chi connectivity index (χ4v) is 5.25. The Morgan fingerprint density at radius 2 is 1.83 bits per heavy atom. The Bertz CT molecular complexity index is 491. The Morgan fingerprint density at radius 1 is 1.00 bits per heavy atom. The van der Waals surface area contributed by atoms with Crippen LogP contribution in [0, 0.1) is 5.92 Å². The lowest BCUT2D eigenvalue weighted by atomic mass is 9.92. The van der Waals surface area contributed by atoms with E-state index in [1.165, 1.54) is 70.1 Å². The van der Waals surface area contributed by atoms with Gasteiger partial charge in [-0.3, -0.25) is 4.90 Å². The number of hydrogen-bond acceptors (Lipinski definition) is 3. The molecule has 4 unspecified atom stereocenters. The molecule has 1 aromatic carbocycles. The van der Waals surface area contributed by atoms with Gasteiger partial charge in [-0.2, -0.15) is 0 Å². The Hall–Kier alpha value is -0.900. The highest BCUT2D eigenvalue weighted by molar-refractivity contribution is 5.20. The first-order valence-corrected chi connectivity index (χ1v) is 10.2. The van der Waals surface area contributed by atoms with Crippen LogP contribution in [-0.4, -0.2) is 43.2 Å². The van der Waals surface area contributed by atoms with Crippen LogP contribution in [0.4, 0.5) is 0 Å². The van der Waals surface area contributed by atoms with Crippen LogP contribution in [0.2, 0.25) is 0 Å². The molecule has 3 heteroatoms. The molecule has 0 radical (unpaired) electrons. The van der Waals surface area contributed by atoms with E-state index >= 15 is 0 Å². The summed E-state index contributed by atoms with van der Waals surface area (Å²) in [5, 5.41) is 7.75. The van der Waals surface area contributed by atoms with Crippen molar-refractivity contribution in [3.8, 4) is 0 Å². The van der Waals surface area contributed by atoms with Gasteiger partial charge in [0.05, 0.1) is 0 Å². The van der Waals surface area contributed by atoms with Crippen LogP contribution in [0.15, 0.2) is 30.3 Å². The predicted molar refractivity (Wildman–Crippen MR) is 100 cm³/mol. The fourth-order valence-electron chi connectivity index (χ4n) is 5.25. The monoisotopic (exact) mass is 327 g/mol. The van der Waals surface area contributed by atoms with Gasteiger partial charge in [0, 0.05) is 24.7 Å². The molecule has 1 aromatic rings. The van der Waals surface area contributed by atoms with Crippen molar-refractivity contribution in [3.63, 3.8) is 0 Å². The molecule has 3 nitrogen and oxygen atoms in total. The van der Waals surface area contributed by atoms with Gasteiger partial charge in [-0.15, -0.1) is 0 Å². The van der Waals surface area contributed by atoms with E-state index in [0.29, 0.717) is 6.04 Å². The third kappa shape index (κ3) is 3.68. The maximum Gasteiger partial charge on any atom is 0.0472 e. The molecule has 4 rings (SSSR count). The molecule has 3 fully saturated rings. The molecule has 1 saturated carbocycles. The predicted octanol–water partition coefficient (Wildman–Crippen LogP) is 3.33. The van der Waals surface area contributed by atoms with Crippen molar-refractivity contribution in [1.82, 2.24) is 15.5 Å². The average Bonchev–Trinajstić information content (AvgIpc) is 3.38. The summed E-state index contributed by atoms with van der Waals surface area (Å²) in [6.45, 7) is 4.87. The molecule has 2 saturated heterocycles. The molecule has 1 aliphatic carbocycles. The number of likely N-dealkylation sites (tertiary alicyclic amines) is 1. The number of rotatable bonds is 6. The van der Waals surface area contributed by atoms with E-state index < -0.39 is 0 Å². The summed E-state index contributed by atoms with van der Waals surface area (Å²) in [7, 11) is 0. The molecular formula is C21H33N3. The second kappa shape index (κ2) is 7.99. The molecule has 3 aliphatic rings. The van der Waals surface area contributed by atoms with Gasteiger partial charge in [-0.25, -0.2) is 0 Å². The third-order valence-electron chi connectivity index (χ3n) is 6.52. The normalized spacial score (nSPS) is 32.4. The summed E-state index contributed by atoms with van der Waals surface area (Å²) in [6, 6.07) is 13.2. The van der Waals surface area contributed by atoms with Crippen LogP contribution in [-0.2, 0) is 0 Å². The van der Waals surface area contributed by atoms with E-state index in [4.69, 9.17) is 0 Å². The standard InChI is InChI=1S/C21H33N3/c1-2-8-17(9-3-1)21(24-14-4-5-15-24)16-23-20-11-6-10-18(20)19-12-7-13-22-19/h1-3,8-9,18-23H,4-7,10-16H2. The summed E-state index contributed by atoms with van der Waals surface area (Å²) in [5.41, 5.74) is 1.49. The van der Waals surface area contributed by atoms with Gasteiger partial charge in [0.25, 0.3) is 0 Å². The van der Waals surface area contributed by atoms with Crippen molar-refractivity contribution in [1.29, 1.82) is 0 Å². The zero-order valence-electron chi connectivity index (χ0n) is 14.9.